The van der Waals surface area contributed by atoms with E-state index in [2.05, 4.69) is 27.6 Å². The highest BCUT2D eigenvalue weighted by atomic mass is 16.4. The van der Waals surface area contributed by atoms with E-state index in [0.717, 1.165) is 32.5 Å². The lowest BCUT2D eigenvalue weighted by Gasteiger charge is -2.31. The van der Waals surface area contributed by atoms with Crippen molar-refractivity contribution in [2.75, 3.05) is 26.7 Å². The minimum atomic E-state index is -1.03. The predicted octanol–water partition coefficient (Wildman–Crippen LogP) is -0.340. The number of rotatable bonds is 5. The van der Waals surface area contributed by atoms with Crippen LogP contribution in [-0.2, 0) is 6.54 Å². The Morgan fingerprint density at radius 2 is 2.33 bits per heavy atom. The molecular weight excluding hydrogens is 234 g/mol. The SMILES string of the molecule is CN(CCn1cc(C(=O)O)nn1)C1CCNCC1. The maximum atomic E-state index is 10.7. The van der Waals surface area contributed by atoms with Crippen molar-refractivity contribution in [2.45, 2.75) is 25.4 Å². The van der Waals surface area contributed by atoms with E-state index < -0.39 is 5.97 Å². The first kappa shape index (κ1) is 13.0. The number of carboxylic acids is 1. The molecule has 1 fully saturated rings. The number of carboxylic acid groups (broad SMARTS) is 1. The zero-order valence-electron chi connectivity index (χ0n) is 10.5. The molecule has 0 radical (unpaired) electrons. The highest BCUT2D eigenvalue weighted by Gasteiger charge is 2.17. The van der Waals surface area contributed by atoms with E-state index in [-0.39, 0.29) is 5.69 Å². The fourth-order valence-corrected chi connectivity index (χ4v) is 2.20. The van der Waals surface area contributed by atoms with Crippen molar-refractivity contribution in [3.05, 3.63) is 11.9 Å². The predicted molar refractivity (Wildman–Crippen MR) is 65.5 cm³/mol. The average Bonchev–Trinajstić information content (AvgIpc) is 2.86. The summed E-state index contributed by atoms with van der Waals surface area (Å²) < 4.78 is 1.58. The maximum absolute atomic E-state index is 10.7. The Hall–Kier alpha value is -1.47. The Morgan fingerprint density at radius 1 is 1.61 bits per heavy atom. The molecule has 0 bridgehead atoms. The summed E-state index contributed by atoms with van der Waals surface area (Å²) >= 11 is 0. The zero-order valence-corrected chi connectivity index (χ0v) is 10.5. The monoisotopic (exact) mass is 253 g/mol. The summed E-state index contributed by atoms with van der Waals surface area (Å²) in [5.41, 5.74) is -0.000445. The number of nitrogens with one attached hydrogen (secondary N) is 1. The number of likely N-dealkylation sites (N-methyl/N-ethyl adjacent to an activating group) is 1. The van der Waals surface area contributed by atoms with E-state index in [0.29, 0.717) is 12.6 Å². The van der Waals surface area contributed by atoms with Crippen molar-refractivity contribution >= 4 is 5.97 Å². The number of hydrogen-bond donors (Lipinski definition) is 2. The molecule has 0 atom stereocenters. The number of aromatic carboxylic acids is 1. The van der Waals surface area contributed by atoms with Gasteiger partial charge in [-0.05, 0) is 33.0 Å². The summed E-state index contributed by atoms with van der Waals surface area (Å²) in [6, 6.07) is 0.605. The second-order valence-corrected chi connectivity index (χ2v) is 4.63. The Labute approximate surface area is 106 Å². The number of aromatic nitrogens is 3. The first-order chi connectivity index (χ1) is 8.66. The smallest absolute Gasteiger partial charge is 0.358 e. The van der Waals surface area contributed by atoms with Crippen molar-refractivity contribution in [3.8, 4) is 0 Å². The zero-order chi connectivity index (χ0) is 13.0. The summed E-state index contributed by atoms with van der Waals surface area (Å²) in [5.74, 6) is -1.03. The summed E-state index contributed by atoms with van der Waals surface area (Å²) in [7, 11) is 2.10. The van der Waals surface area contributed by atoms with Gasteiger partial charge in [0.05, 0.1) is 12.7 Å². The standard InChI is InChI=1S/C11H19N5O2/c1-15(9-2-4-12-5-3-9)6-7-16-8-10(11(17)18)13-14-16/h8-9,12H,2-7H2,1H3,(H,17,18). The van der Waals surface area contributed by atoms with Crippen LogP contribution in [0.4, 0.5) is 0 Å². The quantitative estimate of drug-likeness (QED) is 0.747. The van der Waals surface area contributed by atoms with E-state index in [9.17, 15) is 4.79 Å². The lowest BCUT2D eigenvalue weighted by Crippen LogP contribution is -2.42. The van der Waals surface area contributed by atoms with E-state index in [4.69, 9.17) is 5.11 Å². The number of nitrogens with zero attached hydrogens (tertiary/aromatic N) is 4. The van der Waals surface area contributed by atoms with Crippen molar-refractivity contribution in [1.82, 2.24) is 25.2 Å². The molecule has 7 heteroatoms. The molecule has 2 N–H and O–H groups in total. The van der Waals surface area contributed by atoms with Crippen molar-refractivity contribution in [1.29, 1.82) is 0 Å². The van der Waals surface area contributed by atoms with Crippen LogP contribution < -0.4 is 5.32 Å². The molecule has 1 aliphatic rings. The normalized spacial score (nSPS) is 17.2. The molecule has 18 heavy (non-hydrogen) atoms. The number of carbonyl (C=O) groups is 1. The van der Waals surface area contributed by atoms with Crippen LogP contribution in [0.15, 0.2) is 6.20 Å². The molecule has 7 nitrogen and oxygen atoms in total. The highest BCUT2D eigenvalue weighted by Crippen LogP contribution is 2.09. The van der Waals surface area contributed by atoms with Gasteiger partial charge >= 0.3 is 5.97 Å². The second kappa shape index (κ2) is 5.92. The Bertz CT molecular complexity index is 400. The third kappa shape index (κ3) is 3.27. The molecule has 0 aliphatic carbocycles. The Balaban J connectivity index is 1.80. The second-order valence-electron chi connectivity index (χ2n) is 4.63. The lowest BCUT2D eigenvalue weighted by molar-refractivity contribution is 0.0690. The van der Waals surface area contributed by atoms with Gasteiger partial charge in [-0.3, -0.25) is 4.68 Å². The topological polar surface area (TPSA) is 83.3 Å². The highest BCUT2D eigenvalue weighted by molar-refractivity contribution is 5.84. The van der Waals surface area contributed by atoms with Gasteiger partial charge in [0.25, 0.3) is 0 Å². The first-order valence-electron chi connectivity index (χ1n) is 6.21. The minimum Gasteiger partial charge on any atom is -0.476 e. The van der Waals surface area contributed by atoms with Gasteiger partial charge in [0, 0.05) is 12.6 Å². The maximum Gasteiger partial charge on any atom is 0.358 e. The Morgan fingerprint density at radius 3 is 2.94 bits per heavy atom. The van der Waals surface area contributed by atoms with Crippen molar-refractivity contribution in [2.24, 2.45) is 0 Å². The van der Waals surface area contributed by atoms with Crippen LogP contribution in [-0.4, -0.2) is 63.7 Å². The fourth-order valence-electron chi connectivity index (χ4n) is 2.20. The summed E-state index contributed by atoms with van der Waals surface area (Å²) in [4.78, 5) is 13.0. The molecule has 1 aromatic heterocycles. The van der Waals surface area contributed by atoms with Gasteiger partial charge in [0.15, 0.2) is 5.69 Å². The van der Waals surface area contributed by atoms with Gasteiger partial charge in [0.2, 0.25) is 0 Å². The number of hydrogen-bond acceptors (Lipinski definition) is 5. The Kier molecular flexibility index (Phi) is 4.27. The van der Waals surface area contributed by atoms with E-state index in [1.165, 1.54) is 6.20 Å². The van der Waals surface area contributed by atoms with Crippen LogP contribution in [0.25, 0.3) is 0 Å². The average molecular weight is 253 g/mol. The van der Waals surface area contributed by atoms with E-state index in [1.807, 2.05) is 0 Å². The van der Waals surface area contributed by atoms with Gasteiger partial charge in [-0.15, -0.1) is 5.10 Å². The van der Waals surface area contributed by atoms with Gasteiger partial charge in [-0.25, -0.2) is 4.79 Å². The van der Waals surface area contributed by atoms with Gasteiger partial charge in [-0.1, -0.05) is 5.21 Å². The van der Waals surface area contributed by atoms with Crippen LogP contribution in [0.5, 0.6) is 0 Å². The molecule has 0 aromatic carbocycles. The molecular formula is C11H19N5O2. The molecule has 1 aliphatic heterocycles. The molecule has 1 aromatic rings. The van der Waals surface area contributed by atoms with Crippen molar-refractivity contribution < 1.29 is 9.90 Å². The molecule has 0 unspecified atom stereocenters. The van der Waals surface area contributed by atoms with Crippen LogP contribution >= 0.6 is 0 Å². The summed E-state index contributed by atoms with van der Waals surface area (Å²) in [6.45, 7) is 3.66. The molecule has 2 heterocycles. The molecule has 0 saturated carbocycles. The minimum absolute atomic E-state index is 0.000445. The van der Waals surface area contributed by atoms with E-state index in [1.54, 1.807) is 4.68 Å². The third-order valence-corrected chi connectivity index (χ3v) is 3.37. The van der Waals surface area contributed by atoms with Gasteiger partial charge in [0.1, 0.15) is 0 Å². The molecule has 0 spiro atoms. The summed E-state index contributed by atoms with van der Waals surface area (Å²) in [6.07, 6.45) is 3.79. The first-order valence-corrected chi connectivity index (χ1v) is 6.21. The fraction of sp³-hybridized carbons (Fsp3) is 0.727. The third-order valence-electron chi connectivity index (χ3n) is 3.37. The lowest BCUT2D eigenvalue weighted by atomic mass is 10.1. The van der Waals surface area contributed by atoms with Crippen LogP contribution in [0.3, 0.4) is 0 Å². The van der Waals surface area contributed by atoms with Crippen LogP contribution in [0.1, 0.15) is 23.3 Å². The van der Waals surface area contributed by atoms with E-state index >= 15 is 0 Å². The molecule has 2 rings (SSSR count). The molecule has 0 amide bonds. The molecule has 1 saturated heterocycles. The molecule has 100 valence electrons. The van der Waals surface area contributed by atoms with Crippen molar-refractivity contribution in [3.63, 3.8) is 0 Å². The number of piperidine rings is 1. The van der Waals surface area contributed by atoms with Gasteiger partial charge < -0.3 is 15.3 Å². The van der Waals surface area contributed by atoms with Gasteiger partial charge in [-0.2, -0.15) is 0 Å². The van der Waals surface area contributed by atoms with Crippen LogP contribution in [0, 0.1) is 0 Å². The summed E-state index contributed by atoms with van der Waals surface area (Å²) in [5, 5.41) is 19.5. The van der Waals surface area contributed by atoms with Crippen LogP contribution in [0.2, 0.25) is 0 Å². The largest absolute Gasteiger partial charge is 0.476 e.